The summed E-state index contributed by atoms with van der Waals surface area (Å²) in [5, 5.41) is 26.3. The quantitative estimate of drug-likeness (QED) is 0.266. The lowest BCUT2D eigenvalue weighted by Gasteiger charge is -2.36. The number of para-hydroxylation sites is 1. The van der Waals surface area contributed by atoms with Gasteiger partial charge in [-0.2, -0.15) is 4.98 Å². The molecular formula is C26H29FN6O2. The number of imidazole rings is 1. The van der Waals surface area contributed by atoms with E-state index in [4.69, 9.17) is 9.97 Å². The molecule has 182 valence electrons. The number of rotatable bonds is 6. The Labute approximate surface area is 202 Å². The Balaban J connectivity index is 1.52. The van der Waals surface area contributed by atoms with Gasteiger partial charge < -0.3 is 20.8 Å². The van der Waals surface area contributed by atoms with Crippen LogP contribution in [-0.4, -0.2) is 35.3 Å². The normalized spacial score (nSPS) is 18.5. The third kappa shape index (κ3) is 4.90. The van der Waals surface area contributed by atoms with Crippen molar-refractivity contribution in [1.29, 1.82) is 0 Å². The molecule has 0 aliphatic heterocycles. The minimum atomic E-state index is -0.723. The fourth-order valence-corrected chi connectivity index (χ4v) is 4.78. The van der Waals surface area contributed by atoms with Gasteiger partial charge in [0.25, 0.3) is 0 Å². The predicted molar refractivity (Wildman–Crippen MR) is 134 cm³/mol. The van der Waals surface area contributed by atoms with Gasteiger partial charge in [0.05, 0.1) is 17.5 Å². The van der Waals surface area contributed by atoms with E-state index in [0.717, 1.165) is 31.4 Å². The van der Waals surface area contributed by atoms with Crippen molar-refractivity contribution in [3.05, 3.63) is 60.5 Å². The summed E-state index contributed by atoms with van der Waals surface area (Å²) in [4.78, 5) is 13.9. The van der Waals surface area contributed by atoms with Gasteiger partial charge in [-0.05, 0) is 81.8 Å². The van der Waals surface area contributed by atoms with Crippen LogP contribution >= 0.6 is 0 Å². The van der Waals surface area contributed by atoms with Gasteiger partial charge in [0, 0.05) is 11.7 Å². The highest BCUT2D eigenvalue weighted by Crippen LogP contribution is 2.40. The zero-order valence-corrected chi connectivity index (χ0v) is 19.7. The lowest BCUT2D eigenvalue weighted by molar-refractivity contribution is -0.00457. The number of nitrogens with one attached hydrogen (secondary N) is 2. The van der Waals surface area contributed by atoms with Crippen LogP contribution in [0.1, 0.15) is 45.6 Å². The highest BCUT2D eigenvalue weighted by molar-refractivity contribution is 5.77. The van der Waals surface area contributed by atoms with Gasteiger partial charge >= 0.3 is 0 Å². The summed E-state index contributed by atoms with van der Waals surface area (Å²) in [7, 11) is 0. The third-order valence-corrected chi connectivity index (χ3v) is 6.74. The van der Waals surface area contributed by atoms with Crippen LogP contribution in [0.3, 0.4) is 0 Å². The number of fused-ring (bicyclic) bond motifs is 1. The number of aromatic hydroxyl groups is 1. The maximum atomic E-state index is 14.4. The molecule has 0 saturated heterocycles. The average molecular weight is 477 g/mol. The summed E-state index contributed by atoms with van der Waals surface area (Å²) in [6.45, 7) is 3.73. The first-order chi connectivity index (χ1) is 16.8. The van der Waals surface area contributed by atoms with Gasteiger partial charge in [-0.3, -0.25) is 4.57 Å². The summed E-state index contributed by atoms with van der Waals surface area (Å²) in [6.07, 6.45) is 5.08. The fraction of sp³-hybridized carbons (Fsp3) is 0.346. The maximum Gasteiger partial charge on any atom is 0.229 e. The number of hydrogen-bond acceptors (Lipinski definition) is 7. The Morgan fingerprint density at radius 1 is 0.971 bits per heavy atom. The van der Waals surface area contributed by atoms with Gasteiger partial charge in [0.15, 0.2) is 5.65 Å². The Hall–Kier alpha value is -3.72. The van der Waals surface area contributed by atoms with Crippen LogP contribution in [0.15, 0.2) is 54.7 Å². The molecule has 35 heavy (non-hydrogen) atoms. The molecule has 2 heterocycles. The van der Waals surface area contributed by atoms with Crippen molar-refractivity contribution in [2.75, 3.05) is 10.6 Å². The Kier molecular flexibility index (Phi) is 6.02. The van der Waals surface area contributed by atoms with Crippen LogP contribution in [-0.2, 0) is 0 Å². The molecular weight excluding hydrogens is 447 g/mol. The summed E-state index contributed by atoms with van der Waals surface area (Å²) >= 11 is 0. The van der Waals surface area contributed by atoms with Crippen LogP contribution in [0, 0.1) is 11.7 Å². The lowest BCUT2D eigenvalue weighted by atomic mass is 9.77. The second-order valence-corrected chi connectivity index (χ2v) is 9.64. The zero-order valence-electron chi connectivity index (χ0n) is 19.7. The Morgan fingerprint density at radius 2 is 1.69 bits per heavy atom. The lowest BCUT2D eigenvalue weighted by Crippen LogP contribution is -2.34. The van der Waals surface area contributed by atoms with E-state index in [9.17, 15) is 14.6 Å². The molecule has 0 amide bonds. The smallest absolute Gasteiger partial charge is 0.229 e. The number of phenolic OH excluding ortho intramolecular Hbond substituents is 1. The highest BCUT2D eigenvalue weighted by atomic mass is 19.1. The van der Waals surface area contributed by atoms with E-state index in [-0.39, 0.29) is 23.5 Å². The zero-order chi connectivity index (χ0) is 24.6. The van der Waals surface area contributed by atoms with Gasteiger partial charge in [-0.15, -0.1) is 0 Å². The third-order valence-electron chi connectivity index (χ3n) is 6.74. The number of benzene rings is 2. The monoisotopic (exact) mass is 476 g/mol. The van der Waals surface area contributed by atoms with E-state index in [0.29, 0.717) is 28.7 Å². The van der Waals surface area contributed by atoms with Crippen molar-refractivity contribution in [3.8, 4) is 5.75 Å². The molecule has 2 aromatic carbocycles. The van der Waals surface area contributed by atoms with Crippen molar-refractivity contribution in [3.63, 3.8) is 0 Å². The van der Waals surface area contributed by atoms with E-state index in [1.165, 1.54) is 6.07 Å². The summed E-state index contributed by atoms with van der Waals surface area (Å²) < 4.78 is 16.5. The van der Waals surface area contributed by atoms with E-state index in [2.05, 4.69) is 15.6 Å². The molecule has 9 heteroatoms. The molecule has 5 rings (SSSR count). The minimum absolute atomic E-state index is 0.0873. The molecule has 0 bridgehead atoms. The molecule has 0 radical (unpaired) electrons. The molecule has 1 aliphatic carbocycles. The molecule has 1 saturated carbocycles. The average Bonchev–Trinajstić information content (AvgIpc) is 3.19. The summed E-state index contributed by atoms with van der Waals surface area (Å²) in [5.41, 5.74) is 1.60. The number of aliphatic hydroxyl groups is 1. The van der Waals surface area contributed by atoms with Crippen LogP contribution in [0.5, 0.6) is 5.75 Å². The summed E-state index contributed by atoms with van der Waals surface area (Å²) in [6, 6.07) is 13.2. The first-order valence-corrected chi connectivity index (χ1v) is 11.8. The number of phenols is 1. The van der Waals surface area contributed by atoms with Gasteiger partial charge in [-0.1, -0.05) is 12.1 Å². The van der Waals surface area contributed by atoms with Crippen LogP contribution in [0.4, 0.5) is 27.7 Å². The largest absolute Gasteiger partial charge is 0.508 e. The molecule has 0 atom stereocenters. The number of halogens is 1. The fourth-order valence-electron chi connectivity index (χ4n) is 4.78. The Morgan fingerprint density at radius 3 is 2.37 bits per heavy atom. The van der Waals surface area contributed by atoms with Gasteiger partial charge in [0.1, 0.15) is 17.1 Å². The number of aromatic nitrogens is 4. The second kappa shape index (κ2) is 9.14. The first kappa shape index (κ1) is 23.0. The minimum Gasteiger partial charge on any atom is -0.508 e. The highest BCUT2D eigenvalue weighted by Gasteiger charge is 2.33. The van der Waals surface area contributed by atoms with Crippen molar-refractivity contribution in [2.45, 2.75) is 51.2 Å². The molecule has 0 spiro atoms. The van der Waals surface area contributed by atoms with E-state index in [1.807, 2.05) is 18.4 Å². The van der Waals surface area contributed by atoms with Gasteiger partial charge in [-0.25, -0.2) is 14.4 Å². The number of anilines is 4. The van der Waals surface area contributed by atoms with Crippen LogP contribution in [0.2, 0.25) is 0 Å². The standard InChI is InChI=1S/C26H29FN6O2/c1-26(2,35)16-7-11-18(12-8-16)33-23-22(31-25(33)30-21-6-4-3-5-20(21)27)15-28-24(32-23)29-17-9-13-19(34)14-10-17/h3-6,9-10,13-16,18,34-35H,7-8,11-12H2,1-2H3,(H,30,31)(H,28,29,32). The summed E-state index contributed by atoms with van der Waals surface area (Å²) in [5.74, 6) is 0.936. The van der Waals surface area contributed by atoms with Gasteiger partial charge in [0.2, 0.25) is 11.9 Å². The van der Waals surface area contributed by atoms with E-state index >= 15 is 0 Å². The van der Waals surface area contributed by atoms with Crippen molar-refractivity contribution in [2.24, 2.45) is 5.92 Å². The molecule has 1 fully saturated rings. The maximum absolute atomic E-state index is 14.4. The van der Waals surface area contributed by atoms with Crippen molar-refractivity contribution < 1.29 is 14.6 Å². The van der Waals surface area contributed by atoms with Crippen LogP contribution in [0.25, 0.3) is 11.2 Å². The Bertz CT molecular complexity index is 1320. The number of hydrogen-bond donors (Lipinski definition) is 4. The van der Waals surface area contributed by atoms with Crippen molar-refractivity contribution >= 4 is 34.4 Å². The number of nitrogens with zero attached hydrogens (tertiary/aromatic N) is 4. The molecule has 0 unspecified atom stereocenters. The molecule has 8 nitrogen and oxygen atoms in total. The van der Waals surface area contributed by atoms with E-state index in [1.54, 1.807) is 48.7 Å². The van der Waals surface area contributed by atoms with E-state index < -0.39 is 5.60 Å². The predicted octanol–water partition coefficient (Wildman–Crippen LogP) is 5.66. The molecule has 4 aromatic rings. The SMILES string of the molecule is CC(C)(O)C1CCC(n2c(Nc3ccccc3F)nc3cnc(Nc4ccc(O)cc4)nc32)CC1. The second-order valence-electron chi connectivity index (χ2n) is 9.64. The first-order valence-electron chi connectivity index (χ1n) is 11.8. The molecule has 1 aliphatic rings. The molecule has 2 aromatic heterocycles. The van der Waals surface area contributed by atoms with Crippen LogP contribution < -0.4 is 10.6 Å². The van der Waals surface area contributed by atoms with Crippen molar-refractivity contribution in [1.82, 2.24) is 19.5 Å². The topological polar surface area (TPSA) is 108 Å². The molecule has 4 N–H and O–H groups in total.